The zero-order valence-electron chi connectivity index (χ0n) is 9.20. The lowest BCUT2D eigenvalue weighted by Crippen LogP contribution is -2.17. The molecule has 0 aliphatic carbocycles. The summed E-state index contributed by atoms with van der Waals surface area (Å²) in [6.07, 6.45) is 1.58. The Labute approximate surface area is 95.0 Å². The Morgan fingerprint density at radius 1 is 1.40 bits per heavy atom. The van der Waals surface area contributed by atoms with Crippen molar-refractivity contribution in [1.82, 2.24) is 9.97 Å². The summed E-state index contributed by atoms with van der Waals surface area (Å²) in [5.41, 5.74) is 0. The molecule has 1 atom stereocenters. The van der Waals surface area contributed by atoms with Gasteiger partial charge in [-0.3, -0.25) is 0 Å². The molecule has 0 aromatic carbocycles. The van der Waals surface area contributed by atoms with Gasteiger partial charge in [0.05, 0.1) is 6.10 Å². The molecule has 1 rings (SSSR count). The normalized spacial score (nSPS) is 12.6. The van der Waals surface area contributed by atoms with Crippen LogP contribution in [0.3, 0.4) is 0 Å². The summed E-state index contributed by atoms with van der Waals surface area (Å²) in [5.74, 6) is 1.84. The van der Waals surface area contributed by atoms with E-state index in [-0.39, 0.29) is 12.1 Å². The van der Waals surface area contributed by atoms with Crippen molar-refractivity contribution in [3.05, 3.63) is 12.4 Å². The van der Waals surface area contributed by atoms with Gasteiger partial charge >= 0.3 is 0 Å². The lowest BCUT2D eigenvalue weighted by Gasteiger charge is -2.12. The van der Waals surface area contributed by atoms with Gasteiger partial charge in [-0.1, -0.05) is 0 Å². The molecule has 0 amide bonds. The van der Waals surface area contributed by atoms with Crippen LogP contribution in [-0.4, -0.2) is 28.0 Å². The SMILES string of the molecule is CC(CCl)Nc1cc(OC(C)C)ncn1. The van der Waals surface area contributed by atoms with Crippen LogP contribution in [0.1, 0.15) is 20.8 Å². The molecule has 0 spiro atoms. The van der Waals surface area contributed by atoms with E-state index in [0.29, 0.717) is 11.8 Å². The summed E-state index contributed by atoms with van der Waals surface area (Å²) >= 11 is 5.69. The zero-order valence-corrected chi connectivity index (χ0v) is 9.95. The highest BCUT2D eigenvalue weighted by Gasteiger charge is 2.04. The van der Waals surface area contributed by atoms with E-state index >= 15 is 0 Å². The summed E-state index contributed by atoms with van der Waals surface area (Å²) < 4.78 is 5.45. The largest absolute Gasteiger partial charge is 0.475 e. The van der Waals surface area contributed by atoms with E-state index in [1.165, 1.54) is 6.33 Å². The fraction of sp³-hybridized carbons (Fsp3) is 0.600. The van der Waals surface area contributed by atoms with Gasteiger partial charge in [0.1, 0.15) is 12.1 Å². The summed E-state index contributed by atoms with van der Waals surface area (Å²) in [7, 11) is 0. The van der Waals surface area contributed by atoms with Gasteiger partial charge in [-0.15, -0.1) is 11.6 Å². The lowest BCUT2D eigenvalue weighted by atomic mass is 10.4. The topological polar surface area (TPSA) is 47.0 Å². The highest BCUT2D eigenvalue weighted by molar-refractivity contribution is 6.18. The third-order valence-corrected chi connectivity index (χ3v) is 2.09. The summed E-state index contributed by atoms with van der Waals surface area (Å²) in [6.45, 7) is 5.89. The van der Waals surface area contributed by atoms with Gasteiger partial charge in [-0.25, -0.2) is 9.97 Å². The molecular weight excluding hydrogens is 214 g/mol. The number of alkyl halides is 1. The molecule has 1 heterocycles. The average Bonchev–Trinajstić information content (AvgIpc) is 2.17. The Morgan fingerprint density at radius 2 is 2.13 bits per heavy atom. The molecule has 0 aliphatic rings. The predicted molar refractivity (Wildman–Crippen MR) is 61.6 cm³/mol. The quantitative estimate of drug-likeness (QED) is 0.788. The molecule has 84 valence electrons. The monoisotopic (exact) mass is 229 g/mol. The second-order valence-electron chi connectivity index (χ2n) is 3.61. The predicted octanol–water partition coefficient (Wildman–Crippen LogP) is 2.30. The Balaban J connectivity index is 2.65. The summed E-state index contributed by atoms with van der Waals surface area (Å²) in [6, 6.07) is 1.94. The van der Waals surface area contributed by atoms with E-state index in [0.717, 1.165) is 5.82 Å². The number of nitrogens with one attached hydrogen (secondary N) is 1. The maximum Gasteiger partial charge on any atom is 0.218 e. The van der Waals surface area contributed by atoms with Crippen LogP contribution in [0.4, 0.5) is 5.82 Å². The summed E-state index contributed by atoms with van der Waals surface area (Å²) in [5, 5.41) is 3.14. The molecule has 0 fully saturated rings. The van der Waals surface area contributed by atoms with Gasteiger partial charge in [0.2, 0.25) is 5.88 Å². The van der Waals surface area contributed by atoms with Crippen molar-refractivity contribution in [3.63, 3.8) is 0 Å². The smallest absolute Gasteiger partial charge is 0.218 e. The number of nitrogens with zero attached hydrogens (tertiary/aromatic N) is 2. The number of aromatic nitrogens is 2. The van der Waals surface area contributed by atoms with Gasteiger partial charge in [-0.05, 0) is 20.8 Å². The van der Waals surface area contributed by atoms with Crippen molar-refractivity contribution in [1.29, 1.82) is 0 Å². The van der Waals surface area contributed by atoms with E-state index in [4.69, 9.17) is 16.3 Å². The third kappa shape index (κ3) is 4.34. The fourth-order valence-corrected chi connectivity index (χ4v) is 1.09. The number of anilines is 1. The molecule has 0 radical (unpaired) electrons. The Hall–Kier alpha value is -1.03. The maximum atomic E-state index is 5.69. The van der Waals surface area contributed by atoms with E-state index in [1.807, 2.05) is 20.8 Å². The Bertz CT molecular complexity index is 306. The molecule has 5 heteroatoms. The van der Waals surface area contributed by atoms with Crippen molar-refractivity contribution < 1.29 is 4.74 Å². The maximum absolute atomic E-state index is 5.69. The zero-order chi connectivity index (χ0) is 11.3. The Morgan fingerprint density at radius 3 is 2.73 bits per heavy atom. The minimum Gasteiger partial charge on any atom is -0.475 e. The summed E-state index contributed by atoms with van der Waals surface area (Å²) in [4.78, 5) is 8.08. The van der Waals surface area contributed by atoms with Crippen LogP contribution in [0.25, 0.3) is 0 Å². The van der Waals surface area contributed by atoms with Crippen molar-refractivity contribution in [2.75, 3.05) is 11.2 Å². The minimum atomic E-state index is 0.109. The van der Waals surface area contributed by atoms with Crippen LogP contribution in [0.5, 0.6) is 5.88 Å². The number of halogens is 1. The first-order valence-corrected chi connectivity index (χ1v) is 5.46. The molecule has 4 nitrogen and oxygen atoms in total. The van der Waals surface area contributed by atoms with Crippen LogP contribution in [0.2, 0.25) is 0 Å². The van der Waals surface area contributed by atoms with Crippen LogP contribution in [0, 0.1) is 0 Å². The van der Waals surface area contributed by atoms with E-state index in [1.54, 1.807) is 6.07 Å². The van der Waals surface area contributed by atoms with Crippen molar-refractivity contribution >= 4 is 17.4 Å². The first-order chi connectivity index (χ1) is 7.11. The first-order valence-electron chi connectivity index (χ1n) is 4.93. The second-order valence-corrected chi connectivity index (χ2v) is 3.92. The second kappa shape index (κ2) is 5.75. The molecule has 1 N–H and O–H groups in total. The van der Waals surface area contributed by atoms with E-state index in [2.05, 4.69) is 15.3 Å². The third-order valence-electron chi connectivity index (χ3n) is 1.62. The van der Waals surface area contributed by atoms with Crippen molar-refractivity contribution in [2.45, 2.75) is 32.9 Å². The van der Waals surface area contributed by atoms with Crippen molar-refractivity contribution in [2.24, 2.45) is 0 Å². The molecule has 1 aromatic rings. The molecule has 0 saturated heterocycles. The number of hydrogen-bond donors (Lipinski definition) is 1. The first kappa shape index (κ1) is 12.0. The average molecular weight is 230 g/mol. The van der Waals surface area contributed by atoms with Crippen molar-refractivity contribution in [3.8, 4) is 5.88 Å². The van der Waals surface area contributed by atoms with E-state index in [9.17, 15) is 0 Å². The number of hydrogen-bond acceptors (Lipinski definition) is 4. The van der Waals surface area contributed by atoms with E-state index < -0.39 is 0 Å². The van der Waals surface area contributed by atoms with Gasteiger partial charge in [-0.2, -0.15) is 0 Å². The molecule has 0 bridgehead atoms. The van der Waals surface area contributed by atoms with Gasteiger partial charge < -0.3 is 10.1 Å². The Kier molecular flexibility index (Phi) is 4.62. The molecule has 1 unspecified atom stereocenters. The molecular formula is C10H16ClN3O. The number of ether oxygens (including phenoxy) is 1. The van der Waals surface area contributed by atoms with Crippen LogP contribution in [-0.2, 0) is 0 Å². The fourth-order valence-electron chi connectivity index (χ4n) is 1.02. The highest BCUT2D eigenvalue weighted by Crippen LogP contribution is 2.13. The number of rotatable bonds is 5. The lowest BCUT2D eigenvalue weighted by molar-refractivity contribution is 0.232. The highest BCUT2D eigenvalue weighted by atomic mass is 35.5. The molecule has 1 aromatic heterocycles. The van der Waals surface area contributed by atoms with Gasteiger partial charge in [0, 0.05) is 18.0 Å². The minimum absolute atomic E-state index is 0.109. The van der Waals surface area contributed by atoms with Crippen LogP contribution >= 0.6 is 11.6 Å². The molecule has 0 saturated carbocycles. The standard InChI is InChI=1S/C10H16ClN3O/c1-7(2)15-10-4-9(12-6-13-10)14-8(3)5-11/h4,6-8H,5H2,1-3H3,(H,12,13,14). The molecule has 15 heavy (non-hydrogen) atoms. The molecule has 0 aliphatic heterocycles. The van der Waals surface area contributed by atoms with Crippen LogP contribution < -0.4 is 10.1 Å². The van der Waals surface area contributed by atoms with Crippen LogP contribution in [0.15, 0.2) is 12.4 Å². The van der Waals surface area contributed by atoms with Gasteiger partial charge in [0.15, 0.2) is 0 Å². The van der Waals surface area contributed by atoms with Gasteiger partial charge in [0.25, 0.3) is 0 Å².